The van der Waals surface area contributed by atoms with Crippen molar-refractivity contribution in [3.8, 4) is 0 Å². The molecule has 17 heavy (non-hydrogen) atoms. The minimum Gasteiger partial charge on any atom is -0.478 e. The molecule has 0 heterocycles. The van der Waals surface area contributed by atoms with Gasteiger partial charge in [0.2, 0.25) is 10.0 Å². The Labute approximate surface area is 101 Å². The normalized spacial score (nSPS) is 12.2. The average Bonchev–Trinajstić information content (AvgIpc) is 2.15. The van der Waals surface area contributed by atoms with Crippen molar-refractivity contribution in [3.05, 3.63) is 29.8 Å². The molecule has 0 amide bonds. The number of para-hydroxylation sites is 1. The summed E-state index contributed by atoms with van der Waals surface area (Å²) in [5.41, 5.74) is 0.00949. The van der Waals surface area contributed by atoms with Crippen molar-refractivity contribution in [2.24, 2.45) is 0 Å². The van der Waals surface area contributed by atoms with Gasteiger partial charge in [-0.2, -0.15) is 0 Å². The fourth-order valence-electron chi connectivity index (χ4n) is 1.06. The number of carbonyl (C=O) groups is 1. The van der Waals surface area contributed by atoms with Gasteiger partial charge in [0.25, 0.3) is 0 Å². The summed E-state index contributed by atoms with van der Waals surface area (Å²) in [6, 6.07) is 5.89. The number of rotatable bonds is 3. The molecule has 0 aliphatic heterocycles. The van der Waals surface area contributed by atoms with Crippen LogP contribution in [0.4, 0.5) is 5.69 Å². The number of hydrogen-bond acceptors (Lipinski definition) is 3. The molecule has 6 heteroatoms. The first-order valence-electron chi connectivity index (χ1n) is 5.00. The van der Waals surface area contributed by atoms with Crippen LogP contribution in [0.25, 0.3) is 0 Å². The van der Waals surface area contributed by atoms with Crippen molar-refractivity contribution in [2.45, 2.75) is 25.5 Å². The van der Waals surface area contributed by atoms with E-state index in [9.17, 15) is 13.2 Å². The number of sulfonamides is 1. The van der Waals surface area contributed by atoms with Crippen LogP contribution >= 0.6 is 0 Å². The first-order valence-corrected chi connectivity index (χ1v) is 6.48. The molecule has 1 rings (SSSR count). The molecule has 0 aliphatic rings. The lowest BCUT2D eigenvalue weighted by molar-refractivity contribution is 0.0698. The Morgan fingerprint density at radius 3 is 2.24 bits per heavy atom. The van der Waals surface area contributed by atoms with Crippen molar-refractivity contribution in [3.63, 3.8) is 0 Å². The molecule has 0 aromatic heterocycles. The fourth-order valence-corrected chi connectivity index (χ4v) is 1.83. The highest BCUT2D eigenvalue weighted by Gasteiger charge is 2.29. The summed E-state index contributed by atoms with van der Waals surface area (Å²) in [4.78, 5) is 10.9. The third-order valence-corrected chi connectivity index (χ3v) is 4.31. The van der Waals surface area contributed by atoms with Crippen LogP contribution in [-0.2, 0) is 10.0 Å². The smallest absolute Gasteiger partial charge is 0.337 e. The molecule has 1 aromatic carbocycles. The molecule has 94 valence electrons. The highest BCUT2D eigenvalue weighted by Crippen LogP contribution is 2.22. The number of nitrogens with one attached hydrogen (secondary N) is 1. The van der Waals surface area contributed by atoms with Crippen LogP contribution in [-0.4, -0.2) is 24.2 Å². The number of carboxylic acid groups (broad SMARTS) is 1. The van der Waals surface area contributed by atoms with Crippen molar-refractivity contribution >= 4 is 21.7 Å². The van der Waals surface area contributed by atoms with Crippen LogP contribution in [0, 0.1) is 0 Å². The van der Waals surface area contributed by atoms with E-state index in [1.807, 2.05) is 0 Å². The van der Waals surface area contributed by atoms with Crippen LogP contribution in [0.5, 0.6) is 0 Å². The van der Waals surface area contributed by atoms with E-state index in [-0.39, 0.29) is 11.3 Å². The summed E-state index contributed by atoms with van der Waals surface area (Å²) in [6.07, 6.45) is 0. The number of anilines is 1. The van der Waals surface area contributed by atoms with Crippen molar-refractivity contribution < 1.29 is 18.3 Å². The fraction of sp³-hybridized carbons (Fsp3) is 0.364. The van der Waals surface area contributed by atoms with Gasteiger partial charge in [-0.1, -0.05) is 12.1 Å². The van der Waals surface area contributed by atoms with Gasteiger partial charge in [0.05, 0.1) is 16.0 Å². The zero-order valence-electron chi connectivity index (χ0n) is 9.89. The van der Waals surface area contributed by atoms with Gasteiger partial charge in [0.1, 0.15) is 0 Å². The van der Waals surface area contributed by atoms with Gasteiger partial charge < -0.3 is 5.11 Å². The van der Waals surface area contributed by atoms with Crippen molar-refractivity contribution in [2.75, 3.05) is 4.72 Å². The molecular formula is C11H15NO4S. The lowest BCUT2D eigenvalue weighted by Crippen LogP contribution is -2.34. The lowest BCUT2D eigenvalue weighted by Gasteiger charge is -2.21. The monoisotopic (exact) mass is 257 g/mol. The van der Waals surface area contributed by atoms with E-state index in [1.54, 1.807) is 32.9 Å². The molecule has 2 N–H and O–H groups in total. The highest BCUT2D eigenvalue weighted by atomic mass is 32.2. The lowest BCUT2D eigenvalue weighted by atomic mass is 10.2. The van der Waals surface area contributed by atoms with Crippen LogP contribution in [0.2, 0.25) is 0 Å². The Kier molecular flexibility index (Phi) is 3.47. The maximum absolute atomic E-state index is 11.9. The molecule has 0 saturated carbocycles. The third kappa shape index (κ3) is 2.97. The molecule has 5 nitrogen and oxygen atoms in total. The van der Waals surface area contributed by atoms with Crippen molar-refractivity contribution in [1.29, 1.82) is 0 Å². The Morgan fingerprint density at radius 2 is 1.76 bits per heavy atom. The van der Waals surface area contributed by atoms with E-state index < -0.39 is 20.7 Å². The standard InChI is InChI=1S/C11H15NO4S/c1-11(2,3)17(15,16)12-9-7-5-4-6-8(9)10(13)14/h4-7,12H,1-3H3,(H,13,14). The number of benzene rings is 1. The molecule has 0 bridgehead atoms. The quantitative estimate of drug-likeness (QED) is 0.866. The van der Waals surface area contributed by atoms with Gasteiger partial charge in [-0.05, 0) is 32.9 Å². The van der Waals surface area contributed by atoms with E-state index in [0.29, 0.717) is 0 Å². The van der Waals surface area contributed by atoms with E-state index in [0.717, 1.165) is 0 Å². The van der Waals surface area contributed by atoms with Gasteiger partial charge in [-0.25, -0.2) is 13.2 Å². The zero-order chi connectivity index (χ0) is 13.3. The van der Waals surface area contributed by atoms with Gasteiger partial charge >= 0.3 is 5.97 Å². The van der Waals surface area contributed by atoms with Crippen LogP contribution in [0.3, 0.4) is 0 Å². The SMILES string of the molecule is CC(C)(C)S(=O)(=O)Nc1ccccc1C(=O)O. The molecule has 0 saturated heterocycles. The second-order valence-electron chi connectivity index (χ2n) is 4.57. The van der Waals surface area contributed by atoms with E-state index >= 15 is 0 Å². The predicted octanol–water partition coefficient (Wildman–Crippen LogP) is 1.93. The maximum atomic E-state index is 11.9. The summed E-state index contributed by atoms with van der Waals surface area (Å²) in [6.45, 7) is 4.62. The second kappa shape index (κ2) is 4.37. The topological polar surface area (TPSA) is 83.5 Å². The number of hydrogen-bond donors (Lipinski definition) is 2. The first kappa shape index (κ1) is 13.5. The Bertz CT molecular complexity index is 529. The van der Waals surface area contributed by atoms with Gasteiger partial charge in [0.15, 0.2) is 0 Å². The summed E-state index contributed by atoms with van der Waals surface area (Å²) in [5.74, 6) is -1.17. The molecule has 0 atom stereocenters. The molecular weight excluding hydrogens is 242 g/mol. The van der Waals surface area contributed by atoms with E-state index in [4.69, 9.17) is 5.11 Å². The molecule has 0 unspecified atom stereocenters. The Balaban J connectivity index is 3.18. The zero-order valence-corrected chi connectivity index (χ0v) is 10.7. The Morgan fingerprint density at radius 1 is 1.24 bits per heavy atom. The highest BCUT2D eigenvalue weighted by molar-refractivity contribution is 7.94. The van der Waals surface area contributed by atoms with Gasteiger partial charge in [0, 0.05) is 0 Å². The summed E-state index contributed by atoms with van der Waals surface area (Å²) in [7, 11) is -3.62. The van der Waals surface area contributed by atoms with Crippen molar-refractivity contribution in [1.82, 2.24) is 0 Å². The molecule has 0 spiro atoms. The number of aromatic carboxylic acids is 1. The predicted molar refractivity (Wildman–Crippen MR) is 65.7 cm³/mol. The number of carboxylic acids is 1. The average molecular weight is 257 g/mol. The summed E-state index contributed by atoms with van der Waals surface area (Å²) < 4.78 is 25.1. The van der Waals surface area contributed by atoms with Crippen LogP contribution in [0.1, 0.15) is 31.1 Å². The Hall–Kier alpha value is -1.56. The van der Waals surface area contributed by atoms with E-state index in [2.05, 4.69) is 4.72 Å². The summed E-state index contributed by atoms with van der Waals surface area (Å²) >= 11 is 0. The minimum atomic E-state index is -3.62. The largest absolute Gasteiger partial charge is 0.478 e. The van der Waals surface area contributed by atoms with Crippen LogP contribution in [0.15, 0.2) is 24.3 Å². The maximum Gasteiger partial charge on any atom is 0.337 e. The summed E-state index contributed by atoms with van der Waals surface area (Å²) in [5, 5.41) is 8.93. The molecule has 0 radical (unpaired) electrons. The minimum absolute atomic E-state index is 0.0691. The second-order valence-corrected chi connectivity index (χ2v) is 7.00. The molecule has 0 aliphatic carbocycles. The molecule has 0 fully saturated rings. The van der Waals surface area contributed by atoms with Gasteiger partial charge in [-0.15, -0.1) is 0 Å². The van der Waals surface area contributed by atoms with Crippen LogP contribution < -0.4 is 4.72 Å². The van der Waals surface area contributed by atoms with Gasteiger partial charge in [-0.3, -0.25) is 4.72 Å². The molecule has 1 aromatic rings. The first-order chi connectivity index (χ1) is 7.65. The van der Waals surface area contributed by atoms with E-state index in [1.165, 1.54) is 12.1 Å². The third-order valence-electron chi connectivity index (χ3n) is 2.21.